The lowest BCUT2D eigenvalue weighted by Gasteiger charge is -2.42. The Morgan fingerprint density at radius 2 is 1.86 bits per heavy atom. The molecule has 2 unspecified atom stereocenters. The Morgan fingerprint density at radius 1 is 1.17 bits per heavy atom. The minimum atomic E-state index is -4.13. The van der Waals surface area contributed by atoms with Gasteiger partial charge in [0.25, 0.3) is 0 Å². The molecule has 0 saturated carbocycles. The maximum Gasteiger partial charge on any atom is 0.314 e. The molecule has 194 valence electrons. The third-order valence-electron chi connectivity index (χ3n) is 6.32. The number of sulfonamides is 1. The van der Waals surface area contributed by atoms with Crippen LogP contribution in [0.4, 0.5) is 8.78 Å². The molecule has 1 fully saturated rings. The van der Waals surface area contributed by atoms with Crippen LogP contribution in [0, 0.1) is 11.6 Å². The minimum absolute atomic E-state index is 0.0154. The fourth-order valence-electron chi connectivity index (χ4n) is 4.73. The molecule has 14 heteroatoms. The van der Waals surface area contributed by atoms with Gasteiger partial charge in [0, 0.05) is 30.1 Å². The average molecular weight is 544 g/mol. The van der Waals surface area contributed by atoms with E-state index in [-0.39, 0.29) is 25.1 Å². The third kappa shape index (κ3) is 4.67. The molecule has 1 aromatic heterocycles. The van der Waals surface area contributed by atoms with Gasteiger partial charge in [0.2, 0.25) is 15.8 Å². The zero-order valence-corrected chi connectivity index (χ0v) is 21.1. The number of hydrogen-bond acceptors (Lipinski definition) is 7. The topological polar surface area (TPSA) is 136 Å². The molecule has 2 atom stereocenters. The molecule has 0 aliphatic carbocycles. The molecule has 4 rings (SSSR count). The van der Waals surface area contributed by atoms with Gasteiger partial charge in [-0.25, -0.2) is 17.5 Å². The number of fused-ring (bicyclic) bond motifs is 1. The van der Waals surface area contributed by atoms with E-state index in [1.807, 2.05) is 0 Å². The number of piperidine rings is 1. The average Bonchev–Trinajstić information content (AvgIpc) is 3.18. The Hall–Kier alpha value is -3.10. The second-order valence-electron chi connectivity index (χ2n) is 8.92. The molecular formula is C22H23F2N3O7S2. The normalized spacial score (nSPS) is 21.5. The predicted octanol–water partition coefficient (Wildman–Crippen LogP) is 2.41. The summed E-state index contributed by atoms with van der Waals surface area (Å²) in [5, 5.41) is 14.8. The van der Waals surface area contributed by atoms with Gasteiger partial charge in [-0.15, -0.1) is 0 Å². The van der Waals surface area contributed by atoms with Crippen molar-refractivity contribution in [1.29, 1.82) is 0 Å². The summed E-state index contributed by atoms with van der Waals surface area (Å²) in [5.74, 6) is -4.73. The highest BCUT2D eigenvalue weighted by Crippen LogP contribution is 2.40. The Bertz CT molecular complexity index is 1590. The predicted molar refractivity (Wildman–Crippen MR) is 126 cm³/mol. The van der Waals surface area contributed by atoms with E-state index in [1.54, 1.807) is 25.1 Å². The summed E-state index contributed by atoms with van der Waals surface area (Å²) in [6, 6.07) is 6.02. The molecule has 2 heterocycles. The van der Waals surface area contributed by atoms with Gasteiger partial charge in [-0.3, -0.25) is 4.79 Å². The van der Waals surface area contributed by atoms with Gasteiger partial charge in [0.1, 0.15) is 0 Å². The van der Waals surface area contributed by atoms with Crippen molar-refractivity contribution in [3.63, 3.8) is 0 Å². The quantitative estimate of drug-likeness (QED) is 0.468. The second kappa shape index (κ2) is 8.78. The summed E-state index contributed by atoms with van der Waals surface area (Å²) in [6.07, 6.45) is 3.31. The molecule has 1 aliphatic heterocycles. The largest absolute Gasteiger partial charge is 0.481 e. The van der Waals surface area contributed by atoms with E-state index in [4.69, 9.17) is 0 Å². The van der Waals surface area contributed by atoms with Crippen molar-refractivity contribution in [2.45, 2.75) is 31.2 Å². The summed E-state index contributed by atoms with van der Waals surface area (Å²) in [6.45, 7) is 1.70. The Morgan fingerprint density at radius 3 is 2.44 bits per heavy atom. The van der Waals surface area contributed by atoms with Crippen molar-refractivity contribution in [3.05, 3.63) is 53.7 Å². The van der Waals surface area contributed by atoms with Gasteiger partial charge in [0.15, 0.2) is 11.6 Å². The van der Waals surface area contributed by atoms with Gasteiger partial charge in [-0.1, -0.05) is 6.07 Å². The highest BCUT2D eigenvalue weighted by Gasteiger charge is 2.47. The van der Waals surface area contributed by atoms with E-state index >= 15 is 0 Å². The fraction of sp³-hybridized carbons (Fsp3) is 0.364. The van der Waals surface area contributed by atoms with Crippen LogP contribution >= 0.6 is 0 Å². The van der Waals surface area contributed by atoms with Crippen LogP contribution in [0.1, 0.15) is 25.3 Å². The fourth-order valence-corrected chi connectivity index (χ4v) is 6.33. The maximum atomic E-state index is 14.2. The van der Waals surface area contributed by atoms with Crippen LogP contribution in [0.25, 0.3) is 16.6 Å². The summed E-state index contributed by atoms with van der Waals surface area (Å²) in [5.41, 5.74) is -0.487. The van der Waals surface area contributed by atoms with Crippen molar-refractivity contribution < 1.29 is 39.7 Å². The van der Waals surface area contributed by atoms with E-state index in [0.717, 1.165) is 18.4 Å². The lowest BCUT2D eigenvalue weighted by Crippen LogP contribution is -2.52. The van der Waals surface area contributed by atoms with Crippen LogP contribution in [0.3, 0.4) is 0 Å². The third-order valence-corrected chi connectivity index (χ3v) is 8.19. The van der Waals surface area contributed by atoms with Crippen LogP contribution in [-0.2, 0) is 30.4 Å². The lowest BCUT2D eigenvalue weighted by molar-refractivity contribution is -0.146. The zero-order valence-electron chi connectivity index (χ0n) is 19.5. The highest BCUT2D eigenvalue weighted by atomic mass is 32.2. The number of rotatable bonds is 6. The first-order valence-electron chi connectivity index (χ1n) is 10.7. The van der Waals surface area contributed by atoms with Crippen molar-refractivity contribution in [3.8, 4) is 11.4 Å². The first-order chi connectivity index (χ1) is 16.6. The number of nitrogens with zero attached hydrogens (tertiary/aromatic N) is 3. The standard InChI is InChI=1S/C22H23F2N3O7S2/c1-13-11-22(21(28)29,6-7-26(13)35(2,30)31)15-4-5-18-14(8-15)12-25-27(18)16-9-17(23)20(24)19(10-16)34-36(3,32)33/h4-5,8-10,12-13H,6-7,11H2,1-3H3,(H,28,29). The van der Waals surface area contributed by atoms with Crippen molar-refractivity contribution in [1.82, 2.24) is 14.1 Å². The van der Waals surface area contributed by atoms with Crippen LogP contribution in [0.5, 0.6) is 5.75 Å². The number of benzene rings is 2. The second-order valence-corrected chi connectivity index (χ2v) is 12.4. The smallest absolute Gasteiger partial charge is 0.314 e. The summed E-state index contributed by atoms with van der Waals surface area (Å²) < 4.78 is 82.3. The number of aromatic nitrogens is 2. The molecule has 10 nitrogen and oxygen atoms in total. The van der Waals surface area contributed by atoms with Crippen LogP contribution < -0.4 is 4.18 Å². The van der Waals surface area contributed by atoms with Crippen molar-refractivity contribution in [2.75, 3.05) is 19.1 Å². The van der Waals surface area contributed by atoms with Gasteiger partial charge in [-0.05, 0) is 37.5 Å². The number of carboxylic acids is 1. The minimum Gasteiger partial charge on any atom is -0.481 e. The van der Waals surface area contributed by atoms with E-state index in [0.29, 0.717) is 22.7 Å². The van der Waals surface area contributed by atoms with Crippen molar-refractivity contribution in [2.24, 2.45) is 0 Å². The number of carbonyl (C=O) groups is 1. The van der Waals surface area contributed by atoms with E-state index < -0.39 is 55.0 Å². The maximum absolute atomic E-state index is 14.2. The number of carboxylic acid groups (broad SMARTS) is 1. The monoisotopic (exact) mass is 543 g/mol. The Labute approximate surface area is 206 Å². The van der Waals surface area contributed by atoms with Gasteiger partial charge >= 0.3 is 16.1 Å². The molecule has 36 heavy (non-hydrogen) atoms. The van der Waals surface area contributed by atoms with Crippen LogP contribution in [0.15, 0.2) is 36.5 Å². The molecule has 0 amide bonds. The van der Waals surface area contributed by atoms with Crippen LogP contribution in [0.2, 0.25) is 0 Å². The highest BCUT2D eigenvalue weighted by molar-refractivity contribution is 7.88. The zero-order chi connectivity index (χ0) is 26.6. The molecule has 1 saturated heterocycles. The molecule has 0 radical (unpaired) electrons. The van der Waals surface area contributed by atoms with E-state index in [1.165, 1.54) is 15.2 Å². The molecule has 0 spiro atoms. The summed E-state index contributed by atoms with van der Waals surface area (Å²) >= 11 is 0. The molecule has 1 N–H and O–H groups in total. The van der Waals surface area contributed by atoms with Crippen LogP contribution in [-0.4, -0.2) is 67.1 Å². The van der Waals surface area contributed by atoms with Gasteiger partial charge < -0.3 is 9.29 Å². The molecule has 2 aromatic carbocycles. The number of halogens is 2. The Balaban J connectivity index is 1.77. The lowest BCUT2D eigenvalue weighted by atomic mass is 9.71. The molecule has 0 bridgehead atoms. The summed E-state index contributed by atoms with van der Waals surface area (Å²) in [4.78, 5) is 12.4. The molecule has 1 aliphatic rings. The first-order valence-corrected chi connectivity index (χ1v) is 14.4. The van der Waals surface area contributed by atoms with E-state index in [9.17, 15) is 35.5 Å². The SMILES string of the molecule is CC1CC(C(=O)O)(c2ccc3c(cnn3-c3cc(F)c(F)c(OS(C)(=O)=O)c3)c2)CCN1S(C)(=O)=O. The summed E-state index contributed by atoms with van der Waals surface area (Å²) in [7, 11) is -7.62. The number of aliphatic carboxylic acids is 1. The van der Waals surface area contributed by atoms with E-state index in [2.05, 4.69) is 9.28 Å². The first kappa shape index (κ1) is 26.0. The van der Waals surface area contributed by atoms with Gasteiger partial charge in [-0.2, -0.15) is 22.2 Å². The molecule has 3 aromatic rings. The molecular weight excluding hydrogens is 520 g/mol. The Kier molecular flexibility index (Phi) is 6.34. The van der Waals surface area contributed by atoms with Crippen molar-refractivity contribution >= 4 is 37.0 Å². The van der Waals surface area contributed by atoms with Gasteiger partial charge in [0.05, 0.1) is 35.3 Å². The number of hydrogen-bond donors (Lipinski definition) is 1.